The van der Waals surface area contributed by atoms with Crippen LogP contribution in [0.2, 0.25) is 0 Å². The van der Waals surface area contributed by atoms with Crippen LogP contribution in [0.15, 0.2) is 90.3 Å². The molecule has 45 heavy (non-hydrogen) atoms. The number of aromatic nitrogens is 4. The van der Waals surface area contributed by atoms with E-state index in [4.69, 9.17) is 9.47 Å². The molecule has 1 aromatic carbocycles. The fourth-order valence-corrected chi connectivity index (χ4v) is 5.51. The molecule has 0 aliphatic heterocycles. The van der Waals surface area contributed by atoms with Gasteiger partial charge in [-0.3, -0.25) is 9.69 Å². The zero-order valence-corrected chi connectivity index (χ0v) is 27.1. The van der Waals surface area contributed by atoms with E-state index < -0.39 is 39.8 Å². The predicted molar refractivity (Wildman–Crippen MR) is 168 cm³/mol. The zero-order valence-electron chi connectivity index (χ0n) is 26.2. The molecule has 1 amide bonds. The Morgan fingerprint density at radius 1 is 0.822 bits per heavy atom. The van der Waals surface area contributed by atoms with Gasteiger partial charge in [-0.25, -0.2) is 27.9 Å². The summed E-state index contributed by atoms with van der Waals surface area (Å²) >= 11 is 0. The van der Waals surface area contributed by atoms with E-state index >= 15 is 0 Å². The molecule has 3 heterocycles. The summed E-state index contributed by atoms with van der Waals surface area (Å²) in [7, 11) is -4.08. The van der Waals surface area contributed by atoms with Crippen molar-refractivity contribution in [1.29, 1.82) is 0 Å². The van der Waals surface area contributed by atoms with E-state index in [2.05, 4.69) is 15.1 Å². The molecule has 0 N–H and O–H groups in total. The molecule has 3 aromatic heterocycles. The van der Waals surface area contributed by atoms with Gasteiger partial charge in [0.25, 0.3) is 10.0 Å². The van der Waals surface area contributed by atoms with Crippen LogP contribution in [0.25, 0.3) is 5.69 Å². The van der Waals surface area contributed by atoms with Crippen LogP contribution in [-0.4, -0.2) is 62.3 Å². The minimum atomic E-state index is -4.08. The second-order valence-electron chi connectivity index (χ2n) is 12.2. The molecule has 0 saturated heterocycles. The van der Waals surface area contributed by atoms with Gasteiger partial charge < -0.3 is 9.47 Å². The average molecular weight is 635 g/mol. The Morgan fingerprint density at radius 3 is 2.13 bits per heavy atom. The van der Waals surface area contributed by atoms with Gasteiger partial charge in [0, 0.05) is 25.1 Å². The number of hydrogen-bond acceptors (Lipinski definition) is 9. The molecule has 0 bridgehead atoms. The number of sulfonamides is 1. The minimum absolute atomic E-state index is 0.0118. The molecule has 0 unspecified atom stereocenters. The number of hydrogen-bond donors (Lipinski definition) is 0. The fourth-order valence-electron chi connectivity index (χ4n) is 4.18. The van der Waals surface area contributed by atoms with Crippen molar-refractivity contribution in [2.45, 2.75) is 70.9 Å². The maximum atomic E-state index is 13.8. The second-order valence-corrected chi connectivity index (χ2v) is 14.1. The summed E-state index contributed by atoms with van der Waals surface area (Å²) in [5.74, 6) is -0.551. The Labute approximate surface area is 263 Å². The average Bonchev–Trinajstić information content (AvgIpc) is 3.50. The summed E-state index contributed by atoms with van der Waals surface area (Å²) in [5.41, 5.74) is 0.258. The Balaban J connectivity index is 1.66. The van der Waals surface area contributed by atoms with Crippen molar-refractivity contribution in [2.24, 2.45) is 0 Å². The van der Waals surface area contributed by atoms with Crippen LogP contribution < -0.4 is 4.90 Å². The Morgan fingerprint density at radius 2 is 1.53 bits per heavy atom. The lowest BCUT2D eigenvalue weighted by atomic mass is 10.2. The predicted octanol–water partition coefficient (Wildman–Crippen LogP) is 5.14. The number of benzene rings is 1. The highest BCUT2D eigenvalue weighted by Gasteiger charge is 2.30. The second kappa shape index (κ2) is 13.6. The van der Waals surface area contributed by atoms with Gasteiger partial charge in [0.2, 0.25) is 0 Å². The standard InChI is InChI=1S/C32H38N6O6S/c1-31(2,3)43-29(39)23-37(30(40)44-32(4,5)6)27-12-9-11-25(35-27)22-36(45(41,42)28-13-7-8-18-33-28)21-24-14-16-26(17-15-24)38-20-10-19-34-38/h7-20H,21-23H2,1-6H3. The fraction of sp³-hybridized carbons (Fsp3) is 0.344. The molecule has 0 radical (unpaired) electrons. The monoisotopic (exact) mass is 634 g/mol. The Bertz CT molecular complexity index is 1700. The van der Waals surface area contributed by atoms with Gasteiger partial charge in [-0.2, -0.15) is 9.40 Å². The highest BCUT2D eigenvalue weighted by atomic mass is 32.2. The smallest absolute Gasteiger partial charge is 0.416 e. The van der Waals surface area contributed by atoms with Crippen molar-refractivity contribution in [3.05, 3.63) is 96.6 Å². The number of ether oxygens (including phenoxy) is 2. The first-order valence-electron chi connectivity index (χ1n) is 14.3. The molecule has 4 aromatic rings. The molecule has 0 aliphatic rings. The van der Waals surface area contributed by atoms with Crippen molar-refractivity contribution in [1.82, 2.24) is 24.1 Å². The van der Waals surface area contributed by atoms with Crippen molar-refractivity contribution in [3.8, 4) is 5.69 Å². The quantitative estimate of drug-likeness (QED) is 0.217. The molecule has 0 saturated carbocycles. The number of amides is 1. The first-order chi connectivity index (χ1) is 21.1. The number of carbonyl (C=O) groups is 2. The van der Waals surface area contributed by atoms with E-state index in [1.165, 1.54) is 16.6 Å². The van der Waals surface area contributed by atoms with E-state index in [1.54, 1.807) is 82.8 Å². The van der Waals surface area contributed by atoms with E-state index in [0.29, 0.717) is 5.69 Å². The SMILES string of the molecule is CC(C)(C)OC(=O)CN(C(=O)OC(C)(C)C)c1cccc(CN(Cc2ccc(-n3cccn3)cc2)S(=O)(=O)c2ccccn2)n1. The van der Waals surface area contributed by atoms with Gasteiger partial charge in [0.15, 0.2) is 5.03 Å². The summed E-state index contributed by atoms with van der Waals surface area (Å²) in [5, 5.41) is 4.11. The molecular weight excluding hydrogens is 596 g/mol. The molecule has 13 heteroatoms. The molecular formula is C32H38N6O6S. The Kier molecular flexibility index (Phi) is 10.0. The first kappa shape index (κ1) is 33.3. The third kappa shape index (κ3) is 9.43. The molecule has 4 rings (SSSR count). The van der Waals surface area contributed by atoms with Crippen LogP contribution in [0.5, 0.6) is 0 Å². The van der Waals surface area contributed by atoms with Gasteiger partial charge in [-0.15, -0.1) is 0 Å². The van der Waals surface area contributed by atoms with Crippen LogP contribution in [-0.2, 0) is 37.4 Å². The Hall–Kier alpha value is -4.62. The largest absolute Gasteiger partial charge is 0.459 e. The van der Waals surface area contributed by atoms with Gasteiger partial charge in [0.05, 0.1) is 17.9 Å². The third-order valence-electron chi connectivity index (χ3n) is 6.03. The first-order valence-corrected chi connectivity index (χ1v) is 15.7. The van der Waals surface area contributed by atoms with Gasteiger partial charge in [0.1, 0.15) is 23.6 Å². The minimum Gasteiger partial charge on any atom is -0.459 e. The molecule has 0 fully saturated rings. The van der Waals surface area contributed by atoms with Crippen LogP contribution in [0.1, 0.15) is 52.8 Å². The highest BCUT2D eigenvalue weighted by Crippen LogP contribution is 2.23. The number of rotatable bonds is 10. The topological polar surface area (TPSA) is 137 Å². The molecule has 0 aliphatic carbocycles. The van der Waals surface area contributed by atoms with Gasteiger partial charge >= 0.3 is 12.1 Å². The van der Waals surface area contributed by atoms with Crippen molar-refractivity contribution >= 4 is 27.9 Å². The lowest BCUT2D eigenvalue weighted by molar-refractivity contribution is -0.153. The van der Waals surface area contributed by atoms with E-state index in [1.807, 2.05) is 36.5 Å². The van der Waals surface area contributed by atoms with Crippen LogP contribution >= 0.6 is 0 Å². The molecule has 0 atom stereocenters. The molecule has 12 nitrogen and oxygen atoms in total. The number of nitrogens with zero attached hydrogens (tertiary/aromatic N) is 6. The normalized spacial score (nSPS) is 12.2. The van der Waals surface area contributed by atoms with Crippen LogP contribution in [0.4, 0.5) is 10.6 Å². The van der Waals surface area contributed by atoms with E-state index in [-0.39, 0.29) is 23.9 Å². The lowest BCUT2D eigenvalue weighted by Gasteiger charge is -2.28. The number of pyridine rings is 2. The number of anilines is 1. The number of esters is 1. The van der Waals surface area contributed by atoms with Crippen molar-refractivity contribution in [3.63, 3.8) is 0 Å². The van der Waals surface area contributed by atoms with Crippen LogP contribution in [0.3, 0.4) is 0 Å². The van der Waals surface area contributed by atoms with E-state index in [0.717, 1.165) is 16.2 Å². The summed E-state index contributed by atoms with van der Waals surface area (Å²) in [4.78, 5) is 35.7. The maximum Gasteiger partial charge on any atom is 0.416 e. The van der Waals surface area contributed by atoms with Gasteiger partial charge in [-0.1, -0.05) is 24.3 Å². The zero-order chi connectivity index (χ0) is 32.8. The lowest BCUT2D eigenvalue weighted by Crippen LogP contribution is -2.42. The number of carbonyl (C=O) groups excluding carboxylic acids is 2. The van der Waals surface area contributed by atoms with Crippen LogP contribution in [0, 0.1) is 0 Å². The highest BCUT2D eigenvalue weighted by molar-refractivity contribution is 7.89. The summed E-state index contributed by atoms with van der Waals surface area (Å²) in [6.45, 7) is 9.71. The van der Waals surface area contributed by atoms with Crippen molar-refractivity contribution in [2.75, 3.05) is 11.4 Å². The molecule has 238 valence electrons. The van der Waals surface area contributed by atoms with Crippen molar-refractivity contribution < 1.29 is 27.5 Å². The maximum absolute atomic E-state index is 13.8. The van der Waals surface area contributed by atoms with Gasteiger partial charge in [-0.05, 0) is 89.6 Å². The third-order valence-corrected chi connectivity index (χ3v) is 7.74. The molecule has 0 spiro atoms. The summed E-state index contributed by atoms with van der Waals surface area (Å²) in [6.07, 6.45) is 4.11. The van der Waals surface area contributed by atoms with E-state index in [9.17, 15) is 18.0 Å². The summed E-state index contributed by atoms with van der Waals surface area (Å²) in [6, 6.07) is 18.7. The summed E-state index contributed by atoms with van der Waals surface area (Å²) < 4.78 is 41.6.